The zero-order valence-corrected chi connectivity index (χ0v) is 8.11. The van der Waals surface area contributed by atoms with Crippen LogP contribution in [0.3, 0.4) is 0 Å². The van der Waals surface area contributed by atoms with Crippen LogP contribution in [0.2, 0.25) is 0 Å². The number of aliphatic carboxylic acids is 2. The van der Waals surface area contributed by atoms with Gasteiger partial charge in [-0.3, -0.25) is 9.59 Å². The van der Waals surface area contributed by atoms with Gasteiger partial charge in [-0.15, -0.1) is 0 Å². The molecule has 1 unspecified atom stereocenters. The van der Waals surface area contributed by atoms with Crippen LogP contribution in [-0.2, 0) is 9.59 Å². The van der Waals surface area contributed by atoms with Crippen molar-refractivity contribution in [2.75, 3.05) is 0 Å². The fourth-order valence-corrected chi connectivity index (χ4v) is 2.13. The quantitative estimate of drug-likeness (QED) is 0.708. The van der Waals surface area contributed by atoms with Gasteiger partial charge in [0.15, 0.2) is 0 Å². The van der Waals surface area contributed by atoms with E-state index in [9.17, 15) is 9.59 Å². The van der Waals surface area contributed by atoms with Crippen molar-refractivity contribution >= 4 is 11.9 Å². The second kappa shape index (κ2) is 4.98. The van der Waals surface area contributed by atoms with Gasteiger partial charge < -0.3 is 10.2 Å². The van der Waals surface area contributed by atoms with Gasteiger partial charge in [-0.1, -0.05) is 25.7 Å². The lowest BCUT2D eigenvalue weighted by Gasteiger charge is -2.14. The Kier molecular flexibility index (Phi) is 3.92. The maximum atomic E-state index is 10.8. The molecule has 1 rings (SSSR count). The number of carboxylic acid groups (broad SMARTS) is 2. The third-order valence-corrected chi connectivity index (χ3v) is 2.86. The number of rotatable bonds is 5. The van der Waals surface area contributed by atoms with Gasteiger partial charge in [-0.2, -0.15) is 0 Å². The van der Waals surface area contributed by atoms with Crippen LogP contribution in [0.4, 0.5) is 0 Å². The summed E-state index contributed by atoms with van der Waals surface area (Å²) in [6, 6.07) is 0. The Balaban J connectivity index is 2.41. The molecule has 0 aromatic heterocycles. The molecule has 4 nitrogen and oxygen atoms in total. The van der Waals surface area contributed by atoms with E-state index in [2.05, 4.69) is 0 Å². The number of carbonyl (C=O) groups is 2. The molecule has 1 saturated carbocycles. The van der Waals surface area contributed by atoms with E-state index in [-0.39, 0.29) is 6.42 Å². The minimum Gasteiger partial charge on any atom is -0.481 e. The van der Waals surface area contributed by atoms with Crippen LogP contribution in [0.1, 0.15) is 38.5 Å². The maximum Gasteiger partial charge on any atom is 0.307 e. The molecule has 0 heterocycles. The average molecular weight is 200 g/mol. The summed E-state index contributed by atoms with van der Waals surface area (Å²) in [7, 11) is 0. The van der Waals surface area contributed by atoms with Crippen LogP contribution in [0.25, 0.3) is 0 Å². The molecule has 0 aliphatic heterocycles. The van der Waals surface area contributed by atoms with Crippen LogP contribution in [0.15, 0.2) is 0 Å². The van der Waals surface area contributed by atoms with Gasteiger partial charge in [-0.05, 0) is 12.3 Å². The second-order valence-corrected chi connectivity index (χ2v) is 4.02. The smallest absolute Gasteiger partial charge is 0.307 e. The van der Waals surface area contributed by atoms with Gasteiger partial charge in [0.05, 0.1) is 12.3 Å². The van der Waals surface area contributed by atoms with Crippen LogP contribution in [0.5, 0.6) is 0 Å². The Morgan fingerprint density at radius 3 is 2.21 bits per heavy atom. The van der Waals surface area contributed by atoms with E-state index in [1.165, 1.54) is 0 Å². The van der Waals surface area contributed by atoms with E-state index in [0.717, 1.165) is 25.7 Å². The van der Waals surface area contributed by atoms with E-state index >= 15 is 0 Å². The first kappa shape index (κ1) is 11.0. The lowest BCUT2D eigenvalue weighted by atomic mass is 9.91. The fraction of sp³-hybridized carbons (Fsp3) is 0.800. The number of hydrogen-bond donors (Lipinski definition) is 2. The average Bonchev–Trinajstić information content (AvgIpc) is 2.54. The predicted octanol–water partition coefficient (Wildman–Crippen LogP) is 1.74. The highest BCUT2D eigenvalue weighted by molar-refractivity contribution is 5.77. The first-order valence-corrected chi connectivity index (χ1v) is 5.04. The van der Waals surface area contributed by atoms with E-state index in [1.807, 2.05) is 0 Å². The second-order valence-electron chi connectivity index (χ2n) is 4.02. The topological polar surface area (TPSA) is 74.6 Å². The van der Waals surface area contributed by atoms with Crippen LogP contribution in [0, 0.1) is 11.8 Å². The van der Waals surface area contributed by atoms with Gasteiger partial charge in [0, 0.05) is 0 Å². The van der Waals surface area contributed by atoms with Crippen molar-refractivity contribution in [1.82, 2.24) is 0 Å². The highest BCUT2D eigenvalue weighted by Crippen LogP contribution is 2.31. The molecule has 0 spiro atoms. The Morgan fingerprint density at radius 1 is 1.21 bits per heavy atom. The Bertz CT molecular complexity index is 218. The zero-order valence-electron chi connectivity index (χ0n) is 8.11. The normalized spacial score (nSPS) is 19.4. The first-order chi connectivity index (χ1) is 6.59. The molecule has 80 valence electrons. The molecule has 1 aliphatic rings. The molecule has 0 amide bonds. The Hall–Kier alpha value is -1.06. The third kappa shape index (κ3) is 3.36. The number of carboxylic acids is 2. The van der Waals surface area contributed by atoms with Crippen molar-refractivity contribution in [1.29, 1.82) is 0 Å². The van der Waals surface area contributed by atoms with Crippen LogP contribution in [-0.4, -0.2) is 22.2 Å². The summed E-state index contributed by atoms with van der Waals surface area (Å²) in [6.07, 6.45) is 4.72. The molecule has 0 saturated heterocycles. The van der Waals surface area contributed by atoms with Crippen LogP contribution < -0.4 is 0 Å². The lowest BCUT2D eigenvalue weighted by molar-refractivity contribution is -0.148. The maximum absolute atomic E-state index is 10.8. The molecule has 4 heteroatoms. The highest BCUT2D eigenvalue weighted by atomic mass is 16.4. The SMILES string of the molecule is O=C(O)CC(CC1CCCC1)C(=O)O. The van der Waals surface area contributed by atoms with Gasteiger partial charge in [0.2, 0.25) is 0 Å². The zero-order chi connectivity index (χ0) is 10.6. The summed E-state index contributed by atoms with van der Waals surface area (Å²) in [6.45, 7) is 0. The van der Waals surface area contributed by atoms with E-state index in [1.54, 1.807) is 0 Å². The third-order valence-electron chi connectivity index (χ3n) is 2.86. The minimum atomic E-state index is -1.02. The summed E-state index contributed by atoms with van der Waals surface area (Å²) >= 11 is 0. The number of hydrogen-bond acceptors (Lipinski definition) is 2. The standard InChI is InChI=1S/C10H16O4/c11-9(12)6-8(10(13)14)5-7-3-1-2-4-7/h7-8H,1-6H2,(H,11,12)(H,13,14). The van der Waals surface area contributed by atoms with E-state index < -0.39 is 17.9 Å². The monoisotopic (exact) mass is 200 g/mol. The minimum absolute atomic E-state index is 0.244. The Morgan fingerprint density at radius 2 is 1.79 bits per heavy atom. The molecule has 0 bridgehead atoms. The molecule has 1 aliphatic carbocycles. The van der Waals surface area contributed by atoms with Crippen molar-refractivity contribution in [2.45, 2.75) is 38.5 Å². The molecule has 14 heavy (non-hydrogen) atoms. The predicted molar refractivity (Wildman–Crippen MR) is 50.0 cm³/mol. The summed E-state index contributed by atoms with van der Waals surface area (Å²) < 4.78 is 0. The fourth-order valence-electron chi connectivity index (χ4n) is 2.13. The highest BCUT2D eigenvalue weighted by Gasteiger charge is 2.26. The Labute approximate surface area is 82.9 Å². The molecule has 0 aromatic carbocycles. The van der Waals surface area contributed by atoms with Crippen molar-refractivity contribution in [3.8, 4) is 0 Å². The molecular formula is C10H16O4. The van der Waals surface area contributed by atoms with Gasteiger partial charge >= 0.3 is 11.9 Å². The molecule has 1 fully saturated rings. The van der Waals surface area contributed by atoms with Crippen LogP contribution >= 0.6 is 0 Å². The van der Waals surface area contributed by atoms with Crippen molar-refractivity contribution in [3.63, 3.8) is 0 Å². The van der Waals surface area contributed by atoms with Gasteiger partial charge in [0.1, 0.15) is 0 Å². The molecule has 1 atom stereocenters. The largest absolute Gasteiger partial charge is 0.481 e. The lowest BCUT2D eigenvalue weighted by Crippen LogP contribution is -2.20. The van der Waals surface area contributed by atoms with Gasteiger partial charge in [-0.25, -0.2) is 0 Å². The van der Waals surface area contributed by atoms with E-state index in [4.69, 9.17) is 10.2 Å². The summed E-state index contributed by atoms with van der Waals surface area (Å²) in [5.41, 5.74) is 0. The molecule has 0 aromatic rings. The summed E-state index contributed by atoms with van der Waals surface area (Å²) in [4.78, 5) is 21.2. The van der Waals surface area contributed by atoms with E-state index in [0.29, 0.717) is 12.3 Å². The van der Waals surface area contributed by atoms with Crippen molar-refractivity contribution in [2.24, 2.45) is 11.8 Å². The molecular weight excluding hydrogens is 184 g/mol. The molecule has 0 radical (unpaired) electrons. The van der Waals surface area contributed by atoms with Crippen molar-refractivity contribution < 1.29 is 19.8 Å². The van der Waals surface area contributed by atoms with Gasteiger partial charge in [0.25, 0.3) is 0 Å². The summed E-state index contributed by atoms with van der Waals surface area (Å²) in [5.74, 6) is -2.26. The molecule has 2 N–H and O–H groups in total. The van der Waals surface area contributed by atoms with Crippen molar-refractivity contribution in [3.05, 3.63) is 0 Å². The first-order valence-electron chi connectivity index (χ1n) is 5.04. The summed E-state index contributed by atoms with van der Waals surface area (Å²) in [5, 5.41) is 17.4.